The topological polar surface area (TPSA) is 43.1 Å². The van der Waals surface area contributed by atoms with E-state index in [1.54, 1.807) is 0 Å². The Morgan fingerprint density at radius 3 is 2.50 bits per heavy atom. The highest BCUT2D eigenvalue weighted by Gasteiger charge is 2.33. The lowest BCUT2D eigenvalue weighted by atomic mass is 9.73. The zero-order chi connectivity index (χ0) is 12.1. The molecular formula is C14H27NO. The third-order valence-corrected chi connectivity index (χ3v) is 4.38. The van der Waals surface area contributed by atoms with E-state index in [1.807, 2.05) is 0 Å². The summed E-state index contributed by atoms with van der Waals surface area (Å²) in [5.41, 5.74) is 6.07. The maximum Gasteiger partial charge on any atom is 0.153 e. The molecule has 2 heteroatoms. The van der Waals surface area contributed by atoms with E-state index in [-0.39, 0.29) is 12.0 Å². The summed E-state index contributed by atoms with van der Waals surface area (Å²) in [4.78, 5) is 12.3. The highest BCUT2D eigenvalue weighted by Crippen LogP contribution is 2.34. The molecule has 0 aromatic carbocycles. The molecule has 4 unspecified atom stereocenters. The molecule has 2 N–H and O–H groups in total. The minimum absolute atomic E-state index is 0.234. The molecule has 16 heavy (non-hydrogen) atoms. The van der Waals surface area contributed by atoms with E-state index in [4.69, 9.17) is 5.73 Å². The van der Waals surface area contributed by atoms with Crippen LogP contribution >= 0.6 is 0 Å². The molecule has 0 bridgehead atoms. The molecule has 0 saturated heterocycles. The van der Waals surface area contributed by atoms with Crippen LogP contribution in [0.25, 0.3) is 0 Å². The van der Waals surface area contributed by atoms with Gasteiger partial charge in [-0.15, -0.1) is 0 Å². The van der Waals surface area contributed by atoms with Crippen molar-refractivity contribution >= 4 is 5.78 Å². The second-order valence-electron chi connectivity index (χ2n) is 5.37. The number of rotatable bonds is 5. The summed E-state index contributed by atoms with van der Waals surface area (Å²) in [7, 11) is 0. The fraction of sp³-hybridized carbons (Fsp3) is 0.929. The summed E-state index contributed by atoms with van der Waals surface area (Å²) in [6.45, 7) is 6.40. The first-order valence-electron chi connectivity index (χ1n) is 6.91. The van der Waals surface area contributed by atoms with E-state index in [2.05, 4.69) is 20.8 Å². The smallest absolute Gasteiger partial charge is 0.153 e. The fourth-order valence-electron chi connectivity index (χ4n) is 2.85. The fourth-order valence-corrected chi connectivity index (χ4v) is 2.85. The lowest BCUT2D eigenvalue weighted by Gasteiger charge is -2.32. The second kappa shape index (κ2) is 6.39. The van der Waals surface area contributed by atoms with E-state index in [0.717, 1.165) is 19.3 Å². The van der Waals surface area contributed by atoms with Gasteiger partial charge in [0.1, 0.15) is 0 Å². The SMILES string of the molecule is CCC(C)C(N)C(=O)C1CCCCC1CC. The molecule has 0 aromatic rings. The number of Topliss-reactive ketones (excluding diaryl/α,β-unsaturated/α-hetero) is 1. The van der Waals surface area contributed by atoms with Crippen LogP contribution in [-0.4, -0.2) is 11.8 Å². The highest BCUT2D eigenvalue weighted by molar-refractivity contribution is 5.86. The van der Waals surface area contributed by atoms with E-state index < -0.39 is 0 Å². The van der Waals surface area contributed by atoms with Crippen LogP contribution in [0.2, 0.25) is 0 Å². The van der Waals surface area contributed by atoms with Crippen LogP contribution in [0.5, 0.6) is 0 Å². The maximum atomic E-state index is 12.3. The summed E-state index contributed by atoms with van der Waals surface area (Å²) in [6, 6.07) is -0.234. The van der Waals surface area contributed by atoms with Crippen LogP contribution in [0.1, 0.15) is 59.3 Å². The second-order valence-corrected chi connectivity index (χ2v) is 5.37. The Hall–Kier alpha value is -0.370. The summed E-state index contributed by atoms with van der Waals surface area (Å²) in [5.74, 6) is 1.51. The Kier molecular flexibility index (Phi) is 5.47. The lowest BCUT2D eigenvalue weighted by molar-refractivity contribution is -0.128. The van der Waals surface area contributed by atoms with Gasteiger partial charge in [-0.25, -0.2) is 0 Å². The Balaban J connectivity index is 2.63. The molecule has 2 nitrogen and oxygen atoms in total. The molecule has 94 valence electrons. The largest absolute Gasteiger partial charge is 0.321 e. The normalized spacial score (nSPS) is 29.8. The minimum Gasteiger partial charge on any atom is -0.321 e. The summed E-state index contributed by atoms with van der Waals surface area (Å²) >= 11 is 0. The predicted molar refractivity (Wildman–Crippen MR) is 68.2 cm³/mol. The number of carbonyl (C=O) groups is 1. The van der Waals surface area contributed by atoms with Crippen molar-refractivity contribution in [3.8, 4) is 0 Å². The predicted octanol–water partition coefficient (Wildman–Crippen LogP) is 3.15. The first kappa shape index (κ1) is 13.7. The van der Waals surface area contributed by atoms with Crippen molar-refractivity contribution in [3.63, 3.8) is 0 Å². The van der Waals surface area contributed by atoms with Gasteiger partial charge < -0.3 is 5.73 Å². The van der Waals surface area contributed by atoms with Crippen LogP contribution in [0.15, 0.2) is 0 Å². The lowest BCUT2D eigenvalue weighted by Crippen LogP contribution is -2.43. The number of hydrogen-bond donors (Lipinski definition) is 1. The van der Waals surface area contributed by atoms with Gasteiger partial charge in [-0.05, 0) is 24.7 Å². The average Bonchev–Trinajstić information content (AvgIpc) is 2.35. The van der Waals surface area contributed by atoms with Gasteiger partial charge in [0.25, 0.3) is 0 Å². The molecule has 0 heterocycles. The summed E-state index contributed by atoms with van der Waals surface area (Å²) in [5, 5.41) is 0. The van der Waals surface area contributed by atoms with Crippen LogP contribution < -0.4 is 5.73 Å². The zero-order valence-corrected chi connectivity index (χ0v) is 11.0. The molecule has 0 aromatic heterocycles. The van der Waals surface area contributed by atoms with Gasteiger partial charge in [0.05, 0.1) is 6.04 Å². The molecule has 1 aliphatic rings. The monoisotopic (exact) mass is 225 g/mol. The maximum absolute atomic E-state index is 12.3. The van der Waals surface area contributed by atoms with Crippen LogP contribution in [0.3, 0.4) is 0 Å². The first-order chi connectivity index (χ1) is 7.61. The molecular weight excluding hydrogens is 198 g/mol. The number of ketones is 1. The zero-order valence-electron chi connectivity index (χ0n) is 11.0. The van der Waals surface area contributed by atoms with Gasteiger partial charge in [0.15, 0.2) is 5.78 Å². The highest BCUT2D eigenvalue weighted by atomic mass is 16.1. The molecule has 1 fully saturated rings. The number of carbonyl (C=O) groups excluding carboxylic acids is 1. The van der Waals surface area contributed by atoms with Crippen LogP contribution in [0, 0.1) is 17.8 Å². The number of hydrogen-bond acceptors (Lipinski definition) is 2. The van der Waals surface area contributed by atoms with Crippen LogP contribution in [0.4, 0.5) is 0 Å². The van der Waals surface area contributed by atoms with Crippen molar-refractivity contribution in [2.75, 3.05) is 0 Å². The molecule has 1 aliphatic carbocycles. The summed E-state index contributed by atoms with van der Waals surface area (Å²) in [6.07, 6.45) is 6.92. The van der Waals surface area contributed by atoms with E-state index in [1.165, 1.54) is 19.3 Å². The van der Waals surface area contributed by atoms with Crippen molar-refractivity contribution in [2.24, 2.45) is 23.5 Å². The third-order valence-electron chi connectivity index (χ3n) is 4.38. The van der Waals surface area contributed by atoms with Gasteiger partial charge in [-0.3, -0.25) is 4.79 Å². The van der Waals surface area contributed by atoms with Gasteiger partial charge in [0.2, 0.25) is 0 Å². The van der Waals surface area contributed by atoms with Gasteiger partial charge in [-0.2, -0.15) is 0 Å². The molecule has 1 saturated carbocycles. The molecule has 0 aliphatic heterocycles. The molecule has 1 rings (SSSR count). The van der Waals surface area contributed by atoms with Crippen molar-refractivity contribution in [2.45, 2.75) is 65.3 Å². The molecule has 4 atom stereocenters. The Bertz CT molecular complexity index is 227. The van der Waals surface area contributed by atoms with Gasteiger partial charge >= 0.3 is 0 Å². The third kappa shape index (κ3) is 3.07. The quantitative estimate of drug-likeness (QED) is 0.781. The van der Waals surface area contributed by atoms with E-state index in [0.29, 0.717) is 17.6 Å². The summed E-state index contributed by atoms with van der Waals surface area (Å²) < 4.78 is 0. The van der Waals surface area contributed by atoms with Crippen LogP contribution in [-0.2, 0) is 4.79 Å². The minimum atomic E-state index is -0.234. The molecule has 0 amide bonds. The Morgan fingerprint density at radius 1 is 1.31 bits per heavy atom. The Labute approximate surface area is 100.0 Å². The van der Waals surface area contributed by atoms with Crippen molar-refractivity contribution in [1.29, 1.82) is 0 Å². The van der Waals surface area contributed by atoms with Gasteiger partial charge in [0, 0.05) is 5.92 Å². The molecule has 0 radical (unpaired) electrons. The standard InChI is InChI=1S/C14H27NO/c1-4-10(3)13(15)14(16)12-9-7-6-8-11(12)5-2/h10-13H,4-9,15H2,1-3H3. The average molecular weight is 225 g/mol. The van der Waals surface area contributed by atoms with Crippen molar-refractivity contribution < 1.29 is 4.79 Å². The van der Waals surface area contributed by atoms with Gasteiger partial charge in [-0.1, -0.05) is 46.5 Å². The number of nitrogens with two attached hydrogens (primary N) is 1. The van der Waals surface area contributed by atoms with Crippen molar-refractivity contribution in [3.05, 3.63) is 0 Å². The Morgan fingerprint density at radius 2 is 1.94 bits per heavy atom. The first-order valence-corrected chi connectivity index (χ1v) is 6.91. The van der Waals surface area contributed by atoms with Crippen molar-refractivity contribution in [1.82, 2.24) is 0 Å². The van der Waals surface area contributed by atoms with E-state index in [9.17, 15) is 4.79 Å². The van der Waals surface area contributed by atoms with E-state index >= 15 is 0 Å². The molecule has 0 spiro atoms.